The number of ether oxygens (including phenoxy) is 1. The fourth-order valence-corrected chi connectivity index (χ4v) is 4.46. The van der Waals surface area contributed by atoms with Crippen LogP contribution in [0.3, 0.4) is 0 Å². The molecule has 39 heavy (non-hydrogen) atoms. The molecule has 4 atom stereocenters. The zero-order valence-electron chi connectivity index (χ0n) is 22.5. The molecule has 1 aliphatic rings. The number of aliphatic hydroxyl groups excluding tert-OH is 2. The Balaban J connectivity index is 1.28. The van der Waals surface area contributed by atoms with Crippen molar-refractivity contribution in [3.05, 3.63) is 42.5 Å². The molecule has 0 spiro atoms. The van der Waals surface area contributed by atoms with E-state index in [1.165, 1.54) is 34.6 Å². The number of rotatable bonds is 8. The molecule has 0 aliphatic carbocycles. The smallest absolute Gasteiger partial charge is 0.319 e. The number of carbonyl (C=O) groups is 2. The lowest BCUT2D eigenvalue weighted by Gasteiger charge is -2.26. The van der Waals surface area contributed by atoms with E-state index < -0.39 is 24.5 Å². The molecule has 0 unspecified atom stereocenters. The van der Waals surface area contributed by atoms with Gasteiger partial charge in [-0.1, -0.05) is 32.9 Å². The van der Waals surface area contributed by atoms with Gasteiger partial charge < -0.3 is 36.2 Å². The highest BCUT2D eigenvalue weighted by Gasteiger charge is 2.45. The maximum atomic E-state index is 12.3. The largest absolute Gasteiger partial charge is 0.387 e. The number of aliphatic hydroxyl groups is 2. The van der Waals surface area contributed by atoms with Gasteiger partial charge in [0.2, 0.25) is 5.91 Å². The Hall–Kier alpha value is -3.81. The molecule has 13 nitrogen and oxygen atoms in total. The fourth-order valence-electron chi connectivity index (χ4n) is 4.46. The minimum atomic E-state index is -1.28. The van der Waals surface area contributed by atoms with E-state index in [1.54, 1.807) is 0 Å². The number of nitrogens with zero attached hydrogens (tertiary/aromatic N) is 5. The van der Waals surface area contributed by atoms with Crippen LogP contribution in [0.1, 0.15) is 45.9 Å². The number of amides is 3. The Morgan fingerprint density at radius 3 is 2.51 bits per heavy atom. The van der Waals surface area contributed by atoms with Gasteiger partial charge in [-0.3, -0.25) is 9.36 Å². The van der Waals surface area contributed by atoms with Gasteiger partial charge in [0.15, 0.2) is 17.7 Å². The van der Waals surface area contributed by atoms with Gasteiger partial charge >= 0.3 is 6.03 Å². The summed E-state index contributed by atoms with van der Waals surface area (Å²) in [6, 6.07) is 7.35. The van der Waals surface area contributed by atoms with Crippen molar-refractivity contribution < 1.29 is 24.5 Å². The second-order valence-corrected chi connectivity index (χ2v) is 10.7. The van der Waals surface area contributed by atoms with Gasteiger partial charge in [-0.05, 0) is 29.5 Å². The van der Waals surface area contributed by atoms with Crippen LogP contribution in [0.25, 0.3) is 11.2 Å². The molecule has 1 fully saturated rings. The summed E-state index contributed by atoms with van der Waals surface area (Å²) in [6.45, 7) is 8.50. The van der Waals surface area contributed by atoms with Crippen molar-refractivity contribution in [1.29, 1.82) is 0 Å². The topological polar surface area (TPSA) is 181 Å². The molecule has 3 heterocycles. The van der Waals surface area contributed by atoms with Gasteiger partial charge in [0.1, 0.15) is 30.2 Å². The summed E-state index contributed by atoms with van der Waals surface area (Å²) in [5.41, 5.74) is 8.44. The Morgan fingerprint density at radius 1 is 1.13 bits per heavy atom. The summed E-state index contributed by atoms with van der Waals surface area (Å²) in [5.74, 6) is -0.0347. The van der Waals surface area contributed by atoms with E-state index in [2.05, 4.69) is 46.4 Å². The molecule has 2 aromatic heterocycles. The minimum absolute atomic E-state index is 0.0271. The van der Waals surface area contributed by atoms with Crippen LogP contribution < -0.4 is 16.4 Å². The number of benzene rings is 1. The molecule has 0 radical (unpaired) electrons. The third kappa shape index (κ3) is 6.44. The molecule has 0 saturated carbocycles. The average molecular weight is 541 g/mol. The summed E-state index contributed by atoms with van der Waals surface area (Å²) in [6.07, 6.45) is -1.18. The van der Waals surface area contributed by atoms with Crippen LogP contribution in [0, 0.1) is 0 Å². The second kappa shape index (κ2) is 11.5. The predicted octanol–water partition coefficient (Wildman–Crippen LogP) is 1.39. The summed E-state index contributed by atoms with van der Waals surface area (Å²) >= 11 is 0. The molecular weight excluding hydrogens is 504 g/mol. The Kier molecular flexibility index (Phi) is 8.33. The van der Waals surface area contributed by atoms with E-state index in [4.69, 9.17) is 10.5 Å². The molecule has 1 saturated heterocycles. The lowest BCUT2D eigenvalue weighted by molar-refractivity contribution is -0.132. The van der Waals surface area contributed by atoms with Crippen molar-refractivity contribution >= 4 is 34.6 Å². The fraction of sp³-hybridized carbons (Fsp3) is 0.500. The van der Waals surface area contributed by atoms with Gasteiger partial charge in [-0.2, -0.15) is 0 Å². The van der Waals surface area contributed by atoms with E-state index in [9.17, 15) is 19.8 Å². The van der Waals surface area contributed by atoms with E-state index in [0.29, 0.717) is 36.4 Å². The molecule has 3 aromatic rings. The van der Waals surface area contributed by atoms with E-state index in [0.717, 1.165) is 0 Å². The van der Waals surface area contributed by atoms with Crippen molar-refractivity contribution in [2.45, 2.75) is 64.1 Å². The average Bonchev–Trinajstić information content (AvgIpc) is 3.42. The van der Waals surface area contributed by atoms with Crippen LogP contribution >= 0.6 is 0 Å². The zero-order chi connectivity index (χ0) is 28.3. The van der Waals surface area contributed by atoms with Crippen LogP contribution in [-0.4, -0.2) is 84.5 Å². The number of imidazole rings is 1. The van der Waals surface area contributed by atoms with Gasteiger partial charge in [-0.25, -0.2) is 19.7 Å². The summed E-state index contributed by atoms with van der Waals surface area (Å²) in [7, 11) is 0. The van der Waals surface area contributed by atoms with Gasteiger partial charge in [0.25, 0.3) is 0 Å². The van der Waals surface area contributed by atoms with Crippen LogP contribution in [0.2, 0.25) is 0 Å². The van der Waals surface area contributed by atoms with Crippen LogP contribution in [-0.2, 0) is 14.9 Å². The van der Waals surface area contributed by atoms with Crippen molar-refractivity contribution in [1.82, 2.24) is 29.7 Å². The van der Waals surface area contributed by atoms with Gasteiger partial charge in [-0.15, -0.1) is 0 Å². The quantitative estimate of drug-likeness (QED) is 0.264. The van der Waals surface area contributed by atoms with Crippen molar-refractivity contribution in [3.8, 4) is 0 Å². The first-order valence-electron chi connectivity index (χ1n) is 12.8. The normalized spacial score (nSPS) is 21.2. The number of aromatic nitrogens is 4. The first-order valence-corrected chi connectivity index (χ1v) is 12.8. The number of nitrogens with two attached hydrogens (primary N) is 1. The highest BCUT2D eigenvalue weighted by molar-refractivity contribution is 5.89. The SMILES string of the molecule is CC(=O)N(CCCNC(=O)Nc1ccc(C(C)(C)C)cc1)C[C@H]1O[C@@H](n2cnc3c(N)ncnc32)[C@H](O)[C@@H]1O. The number of fused-ring (bicyclic) bond motifs is 1. The lowest BCUT2D eigenvalue weighted by Crippen LogP contribution is -2.43. The highest BCUT2D eigenvalue weighted by Crippen LogP contribution is 2.32. The number of anilines is 2. The molecular formula is C26H36N8O5. The number of nitrogen functional groups attached to an aromatic ring is 1. The number of nitrogens with one attached hydrogen (secondary N) is 2. The van der Waals surface area contributed by atoms with E-state index in [1.807, 2.05) is 24.3 Å². The molecule has 0 bridgehead atoms. The number of carbonyl (C=O) groups excluding carboxylic acids is 2. The molecule has 210 valence electrons. The maximum Gasteiger partial charge on any atom is 0.319 e. The molecule has 4 rings (SSSR count). The van der Waals surface area contributed by atoms with Crippen molar-refractivity contribution in [2.75, 3.05) is 30.7 Å². The van der Waals surface area contributed by atoms with E-state index in [-0.39, 0.29) is 29.7 Å². The molecule has 1 aromatic carbocycles. The van der Waals surface area contributed by atoms with Crippen molar-refractivity contribution in [3.63, 3.8) is 0 Å². The number of urea groups is 1. The zero-order valence-corrected chi connectivity index (χ0v) is 22.5. The molecule has 6 N–H and O–H groups in total. The highest BCUT2D eigenvalue weighted by atomic mass is 16.6. The lowest BCUT2D eigenvalue weighted by atomic mass is 9.87. The first kappa shape index (κ1) is 28.2. The van der Waals surface area contributed by atoms with Crippen molar-refractivity contribution in [2.24, 2.45) is 0 Å². The third-order valence-electron chi connectivity index (χ3n) is 6.74. The summed E-state index contributed by atoms with van der Waals surface area (Å²) in [5, 5.41) is 26.9. The van der Waals surface area contributed by atoms with E-state index >= 15 is 0 Å². The Labute approximate surface area is 226 Å². The Bertz CT molecular complexity index is 1310. The van der Waals surface area contributed by atoms with Crippen LogP contribution in [0.5, 0.6) is 0 Å². The monoisotopic (exact) mass is 540 g/mol. The predicted molar refractivity (Wildman–Crippen MR) is 145 cm³/mol. The maximum absolute atomic E-state index is 12.3. The Morgan fingerprint density at radius 2 is 1.85 bits per heavy atom. The first-order chi connectivity index (χ1) is 18.5. The molecule has 1 aliphatic heterocycles. The van der Waals surface area contributed by atoms with Crippen LogP contribution in [0.4, 0.5) is 16.3 Å². The molecule has 3 amide bonds. The van der Waals surface area contributed by atoms with Crippen LogP contribution in [0.15, 0.2) is 36.9 Å². The minimum Gasteiger partial charge on any atom is -0.387 e. The summed E-state index contributed by atoms with van der Waals surface area (Å²) in [4.78, 5) is 38.3. The third-order valence-corrected chi connectivity index (χ3v) is 6.74. The van der Waals surface area contributed by atoms with Gasteiger partial charge in [0.05, 0.1) is 6.33 Å². The summed E-state index contributed by atoms with van der Waals surface area (Å²) < 4.78 is 7.43. The number of hydrogen-bond donors (Lipinski definition) is 5. The molecule has 13 heteroatoms. The standard InChI is InChI=1S/C26H36N8O5/c1-15(35)33(11-5-10-28-25(38)32-17-8-6-16(7-9-17)26(2,3)4)12-18-20(36)21(37)24(39-18)34-14-31-19-22(27)29-13-30-23(19)34/h6-9,13-14,18,20-21,24,36-37H,5,10-12H2,1-4H3,(H2,27,29,30)(H2,28,32,38)/t18-,20-,21-,24-/m1/s1. The number of hydrogen-bond acceptors (Lipinski definition) is 9. The second-order valence-electron chi connectivity index (χ2n) is 10.7. The van der Waals surface area contributed by atoms with Gasteiger partial charge in [0, 0.05) is 32.2 Å².